The minimum absolute atomic E-state index is 0.0836. The molecule has 0 saturated heterocycles. The van der Waals surface area contributed by atoms with Gasteiger partial charge in [-0.15, -0.1) is 0 Å². The molecular formula is C25H31ClN4O4. The molecule has 8 nitrogen and oxygen atoms in total. The number of carbonyl (C=O) groups excluding carboxylic acids is 2. The summed E-state index contributed by atoms with van der Waals surface area (Å²) in [6.07, 6.45) is 1.83. The van der Waals surface area contributed by atoms with Crippen molar-refractivity contribution in [2.75, 3.05) is 36.5 Å². The minimum Gasteiger partial charge on any atom is -0.493 e. The quantitative estimate of drug-likeness (QED) is 0.616. The minimum atomic E-state index is -0.561. The maximum Gasteiger partial charge on any atom is 0.420 e. The lowest BCUT2D eigenvalue weighted by Gasteiger charge is -2.40. The van der Waals surface area contributed by atoms with E-state index in [1.54, 1.807) is 28.0 Å². The van der Waals surface area contributed by atoms with Crippen molar-refractivity contribution in [1.82, 2.24) is 5.32 Å². The maximum atomic E-state index is 13.4. The van der Waals surface area contributed by atoms with Crippen molar-refractivity contribution >= 4 is 35.0 Å². The smallest absolute Gasteiger partial charge is 0.420 e. The molecule has 1 heterocycles. The van der Waals surface area contributed by atoms with Gasteiger partial charge in [0.25, 0.3) is 0 Å². The van der Waals surface area contributed by atoms with E-state index in [1.807, 2.05) is 25.1 Å². The van der Waals surface area contributed by atoms with Gasteiger partial charge in [-0.3, -0.25) is 9.69 Å². The highest BCUT2D eigenvalue weighted by Gasteiger charge is 2.35. The first-order valence-electron chi connectivity index (χ1n) is 11.5. The number of carbonyl (C=O) groups is 2. The van der Waals surface area contributed by atoms with Gasteiger partial charge in [0, 0.05) is 49.6 Å². The van der Waals surface area contributed by atoms with Crippen LogP contribution in [0.3, 0.4) is 0 Å². The molecule has 1 unspecified atom stereocenters. The third kappa shape index (κ3) is 5.14. The van der Waals surface area contributed by atoms with E-state index in [1.165, 1.54) is 26.9 Å². The largest absolute Gasteiger partial charge is 0.493 e. The lowest BCUT2D eigenvalue weighted by Crippen LogP contribution is -2.52. The molecule has 2 aromatic carbocycles. The molecule has 1 aliphatic carbocycles. The van der Waals surface area contributed by atoms with E-state index in [4.69, 9.17) is 26.8 Å². The van der Waals surface area contributed by atoms with Crippen LogP contribution < -0.4 is 30.3 Å². The standard InChI is InChI=1S/C25H31ClN4O4/c1-15-14-29(25(32)34-23-9-5-19(26)11-24(23)33-3)22-10-17(4-8-21(22)30(15)16(2)31)18(12-27)13-28-20-6-7-20/h4-5,8-11,15,18,20,28H,6-7,12-14,27H2,1-3H3/t15-,18?/m0/s1. The lowest BCUT2D eigenvalue weighted by atomic mass is 9.96. The van der Waals surface area contributed by atoms with E-state index in [0.717, 1.165) is 12.1 Å². The third-order valence-corrected chi connectivity index (χ3v) is 6.54. The molecule has 3 N–H and O–H groups in total. The second kappa shape index (κ2) is 10.2. The molecule has 4 rings (SSSR count). The van der Waals surface area contributed by atoms with Crippen LogP contribution in [0.2, 0.25) is 5.02 Å². The van der Waals surface area contributed by atoms with Crippen molar-refractivity contribution in [3.63, 3.8) is 0 Å². The molecule has 34 heavy (non-hydrogen) atoms. The average molecular weight is 487 g/mol. The predicted octanol–water partition coefficient (Wildman–Crippen LogP) is 3.90. The highest BCUT2D eigenvalue weighted by atomic mass is 35.5. The number of amides is 2. The molecule has 9 heteroatoms. The van der Waals surface area contributed by atoms with Gasteiger partial charge < -0.3 is 25.4 Å². The van der Waals surface area contributed by atoms with E-state index in [-0.39, 0.29) is 23.6 Å². The van der Waals surface area contributed by atoms with Crippen LogP contribution in [0.5, 0.6) is 11.5 Å². The van der Waals surface area contributed by atoms with Crippen molar-refractivity contribution in [2.24, 2.45) is 5.73 Å². The fourth-order valence-corrected chi connectivity index (χ4v) is 4.52. The van der Waals surface area contributed by atoms with Crippen LogP contribution in [0.4, 0.5) is 16.2 Å². The topological polar surface area (TPSA) is 97.1 Å². The Hall–Kier alpha value is -2.81. The van der Waals surface area contributed by atoms with Crippen LogP contribution >= 0.6 is 11.6 Å². The molecule has 2 atom stereocenters. The summed E-state index contributed by atoms with van der Waals surface area (Å²) >= 11 is 6.04. The third-order valence-electron chi connectivity index (χ3n) is 6.31. The monoisotopic (exact) mass is 486 g/mol. The molecule has 0 spiro atoms. The van der Waals surface area contributed by atoms with Crippen molar-refractivity contribution in [3.8, 4) is 11.5 Å². The first kappa shape index (κ1) is 24.3. The Morgan fingerprint density at radius 3 is 2.59 bits per heavy atom. The van der Waals surface area contributed by atoms with E-state index >= 15 is 0 Å². The number of hydrogen-bond donors (Lipinski definition) is 2. The van der Waals surface area contributed by atoms with Crippen LogP contribution in [0, 0.1) is 0 Å². The van der Waals surface area contributed by atoms with Gasteiger partial charge in [-0.1, -0.05) is 17.7 Å². The first-order valence-corrected chi connectivity index (χ1v) is 11.9. The van der Waals surface area contributed by atoms with Gasteiger partial charge in [-0.05, 0) is 49.6 Å². The van der Waals surface area contributed by atoms with Crippen LogP contribution in [-0.2, 0) is 4.79 Å². The molecule has 1 aliphatic heterocycles. The summed E-state index contributed by atoms with van der Waals surface area (Å²) in [6.45, 7) is 4.96. The van der Waals surface area contributed by atoms with Crippen LogP contribution in [0.25, 0.3) is 0 Å². The molecule has 1 saturated carbocycles. The number of fused-ring (bicyclic) bond motifs is 1. The predicted molar refractivity (Wildman–Crippen MR) is 133 cm³/mol. The molecule has 2 aliphatic rings. The molecule has 182 valence electrons. The highest BCUT2D eigenvalue weighted by Crippen LogP contribution is 2.39. The van der Waals surface area contributed by atoms with Gasteiger partial charge in [0.05, 0.1) is 24.5 Å². The summed E-state index contributed by atoms with van der Waals surface area (Å²) in [6, 6.07) is 11.0. The zero-order valence-corrected chi connectivity index (χ0v) is 20.5. The van der Waals surface area contributed by atoms with Crippen molar-refractivity contribution in [2.45, 2.75) is 44.7 Å². The summed E-state index contributed by atoms with van der Waals surface area (Å²) in [5.41, 5.74) is 8.39. The van der Waals surface area contributed by atoms with Crippen LogP contribution in [0.15, 0.2) is 36.4 Å². The van der Waals surface area contributed by atoms with Crippen molar-refractivity contribution in [1.29, 1.82) is 0 Å². The van der Waals surface area contributed by atoms with Gasteiger partial charge >= 0.3 is 6.09 Å². The molecule has 0 radical (unpaired) electrons. The normalized spacial score (nSPS) is 18.3. The number of hydrogen-bond acceptors (Lipinski definition) is 6. The van der Waals surface area contributed by atoms with Crippen molar-refractivity contribution < 1.29 is 19.1 Å². The van der Waals surface area contributed by atoms with Gasteiger partial charge in [0.1, 0.15) is 0 Å². The Morgan fingerprint density at radius 1 is 1.18 bits per heavy atom. The number of rotatable bonds is 7. The Balaban J connectivity index is 1.67. The fourth-order valence-electron chi connectivity index (χ4n) is 4.36. The van der Waals surface area contributed by atoms with Crippen molar-refractivity contribution in [3.05, 3.63) is 47.0 Å². The molecule has 1 fully saturated rings. The summed E-state index contributed by atoms with van der Waals surface area (Å²) in [4.78, 5) is 29.1. The van der Waals surface area contributed by atoms with E-state index in [2.05, 4.69) is 5.32 Å². The van der Waals surface area contributed by atoms with Gasteiger partial charge in [-0.2, -0.15) is 0 Å². The Kier molecular flexibility index (Phi) is 7.30. The fraction of sp³-hybridized carbons (Fsp3) is 0.440. The molecular weight excluding hydrogens is 456 g/mol. The van der Waals surface area contributed by atoms with E-state index in [0.29, 0.717) is 41.3 Å². The molecule has 2 amide bonds. The average Bonchev–Trinajstić information content (AvgIpc) is 3.64. The number of halogens is 1. The Morgan fingerprint density at radius 2 is 1.94 bits per heavy atom. The number of ether oxygens (including phenoxy) is 2. The second-order valence-electron chi connectivity index (χ2n) is 8.88. The molecule has 0 bridgehead atoms. The van der Waals surface area contributed by atoms with E-state index in [9.17, 15) is 9.59 Å². The van der Waals surface area contributed by atoms with Gasteiger partial charge in [-0.25, -0.2) is 4.79 Å². The summed E-state index contributed by atoms with van der Waals surface area (Å²) < 4.78 is 11.0. The molecule has 2 aromatic rings. The van der Waals surface area contributed by atoms with Gasteiger partial charge in [0.2, 0.25) is 5.91 Å². The summed E-state index contributed by atoms with van der Waals surface area (Å²) in [7, 11) is 1.49. The number of nitrogens with zero attached hydrogens (tertiary/aromatic N) is 2. The summed E-state index contributed by atoms with van der Waals surface area (Å²) in [5, 5.41) is 4.00. The van der Waals surface area contributed by atoms with Crippen LogP contribution in [-0.4, -0.2) is 50.8 Å². The van der Waals surface area contributed by atoms with Crippen LogP contribution in [0.1, 0.15) is 38.2 Å². The SMILES string of the molecule is COc1cc(Cl)ccc1OC(=O)N1C[C@H](C)N(C(C)=O)c2ccc(C(CN)CNC3CC3)cc21. The number of anilines is 2. The second-order valence-corrected chi connectivity index (χ2v) is 9.31. The maximum absolute atomic E-state index is 13.4. The highest BCUT2D eigenvalue weighted by molar-refractivity contribution is 6.30. The Bertz CT molecular complexity index is 1070. The number of nitrogens with one attached hydrogen (secondary N) is 1. The Labute approximate surface area is 204 Å². The summed E-state index contributed by atoms with van der Waals surface area (Å²) in [5.74, 6) is 0.634. The molecule has 0 aromatic heterocycles. The van der Waals surface area contributed by atoms with E-state index < -0.39 is 6.09 Å². The lowest BCUT2D eigenvalue weighted by molar-refractivity contribution is -0.117. The zero-order chi connectivity index (χ0) is 24.4. The zero-order valence-electron chi connectivity index (χ0n) is 19.7. The van der Waals surface area contributed by atoms with Gasteiger partial charge in [0.15, 0.2) is 11.5 Å². The first-order chi connectivity index (χ1) is 16.3. The number of nitrogens with two attached hydrogens (primary N) is 1. The number of methoxy groups -OCH3 is 1. The number of benzene rings is 2.